The summed E-state index contributed by atoms with van der Waals surface area (Å²) in [5, 5.41) is 0. The molecule has 0 saturated carbocycles. The molecule has 0 bridgehead atoms. The van der Waals surface area contributed by atoms with Crippen molar-refractivity contribution in [2.75, 3.05) is 0 Å². The lowest BCUT2D eigenvalue weighted by Crippen LogP contribution is -1.98. The van der Waals surface area contributed by atoms with Crippen LogP contribution in [0.25, 0.3) is 5.57 Å². The quantitative estimate of drug-likeness (QED) is 0.697. The summed E-state index contributed by atoms with van der Waals surface area (Å²) in [7, 11) is 0. The Bertz CT molecular complexity index is 695. The predicted molar refractivity (Wildman–Crippen MR) is 91.2 cm³/mol. The van der Waals surface area contributed by atoms with Gasteiger partial charge in [0.1, 0.15) is 0 Å². The SMILES string of the molecule is CC1=CCC(C2=CC=CCC=C2)=NC=C1c1ccccc1. The van der Waals surface area contributed by atoms with Gasteiger partial charge in [0.2, 0.25) is 0 Å². The standard InChI is InChI=1S/C20H19N/c1-16-13-14-20(18-11-5-2-3-6-12-18)21-15-19(16)17-9-7-4-8-10-17/h2,4-13,15H,3,14H2,1H3. The van der Waals surface area contributed by atoms with Crippen LogP contribution in [0, 0.1) is 0 Å². The van der Waals surface area contributed by atoms with Crippen molar-refractivity contribution in [1.29, 1.82) is 0 Å². The van der Waals surface area contributed by atoms with Gasteiger partial charge in [-0.3, -0.25) is 4.99 Å². The van der Waals surface area contributed by atoms with Crippen molar-refractivity contribution in [1.82, 2.24) is 0 Å². The third kappa shape index (κ3) is 3.19. The molecule has 104 valence electrons. The molecule has 2 aliphatic rings. The highest BCUT2D eigenvalue weighted by Gasteiger charge is 2.10. The monoisotopic (exact) mass is 273 g/mol. The van der Waals surface area contributed by atoms with Crippen LogP contribution in [0.1, 0.15) is 25.3 Å². The van der Waals surface area contributed by atoms with E-state index in [1.54, 1.807) is 0 Å². The normalized spacial score (nSPS) is 18.1. The van der Waals surface area contributed by atoms with Gasteiger partial charge in [-0.15, -0.1) is 0 Å². The van der Waals surface area contributed by atoms with Crippen molar-refractivity contribution < 1.29 is 0 Å². The number of hydrogen-bond donors (Lipinski definition) is 0. The van der Waals surface area contributed by atoms with E-state index in [1.807, 2.05) is 12.3 Å². The van der Waals surface area contributed by atoms with Gasteiger partial charge in [0, 0.05) is 18.2 Å². The van der Waals surface area contributed by atoms with Crippen molar-refractivity contribution in [3.8, 4) is 0 Å². The van der Waals surface area contributed by atoms with Gasteiger partial charge < -0.3 is 0 Å². The minimum atomic E-state index is 0.878. The maximum absolute atomic E-state index is 4.75. The Morgan fingerprint density at radius 2 is 1.90 bits per heavy atom. The Hall–Kier alpha value is -2.41. The number of hydrogen-bond acceptors (Lipinski definition) is 1. The smallest absolute Gasteiger partial charge is 0.0513 e. The van der Waals surface area contributed by atoms with E-state index in [4.69, 9.17) is 4.99 Å². The van der Waals surface area contributed by atoms with E-state index in [1.165, 1.54) is 22.3 Å². The number of aliphatic imine (C=N–C) groups is 1. The van der Waals surface area contributed by atoms with Crippen LogP contribution in [-0.4, -0.2) is 5.71 Å². The van der Waals surface area contributed by atoms with E-state index in [0.29, 0.717) is 0 Å². The first-order chi connectivity index (χ1) is 10.3. The number of rotatable bonds is 2. The molecule has 1 aliphatic heterocycles. The molecule has 1 heteroatoms. The molecule has 3 rings (SSSR count). The van der Waals surface area contributed by atoms with E-state index < -0.39 is 0 Å². The maximum Gasteiger partial charge on any atom is 0.0513 e. The molecule has 1 nitrogen and oxygen atoms in total. The summed E-state index contributed by atoms with van der Waals surface area (Å²) >= 11 is 0. The molecular formula is C20H19N. The zero-order valence-corrected chi connectivity index (χ0v) is 12.3. The van der Waals surface area contributed by atoms with Crippen molar-refractivity contribution >= 4 is 11.3 Å². The van der Waals surface area contributed by atoms with Gasteiger partial charge in [0.05, 0.1) is 5.71 Å². The summed E-state index contributed by atoms with van der Waals surface area (Å²) in [6.45, 7) is 2.16. The predicted octanol–water partition coefficient (Wildman–Crippen LogP) is 5.26. The zero-order chi connectivity index (χ0) is 14.5. The van der Waals surface area contributed by atoms with Gasteiger partial charge in [-0.25, -0.2) is 0 Å². The second kappa shape index (κ2) is 6.36. The van der Waals surface area contributed by atoms with Crippen LogP contribution >= 0.6 is 0 Å². The van der Waals surface area contributed by atoms with E-state index >= 15 is 0 Å². The summed E-state index contributed by atoms with van der Waals surface area (Å²) in [4.78, 5) is 4.75. The fourth-order valence-corrected chi connectivity index (χ4v) is 2.54. The summed E-state index contributed by atoms with van der Waals surface area (Å²) in [5.74, 6) is 0. The van der Waals surface area contributed by atoms with Gasteiger partial charge in [-0.1, -0.05) is 66.8 Å². The summed E-state index contributed by atoms with van der Waals surface area (Å²) in [6, 6.07) is 10.5. The van der Waals surface area contributed by atoms with E-state index in [-0.39, 0.29) is 0 Å². The van der Waals surface area contributed by atoms with E-state index in [0.717, 1.165) is 18.6 Å². The average molecular weight is 273 g/mol. The largest absolute Gasteiger partial charge is 0.260 e. The topological polar surface area (TPSA) is 12.4 Å². The lowest BCUT2D eigenvalue weighted by molar-refractivity contribution is 1.38. The molecule has 0 saturated heterocycles. The van der Waals surface area contributed by atoms with Crippen molar-refractivity contribution in [3.05, 3.63) is 89.7 Å². The fourth-order valence-electron chi connectivity index (χ4n) is 2.54. The highest BCUT2D eigenvalue weighted by atomic mass is 14.7. The zero-order valence-electron chi connectivity index (χ0n) is 12.3. The molecule has 0 spiro atoms. The molecule has 0 N–H and O–H groups in total. The van der Waals surface area contributed by atoms with Crippen molar-refractivity contribution in [3.63, 3.8) is 0 Å². The molecule has 0 aromatic heterocycles. The van der Waals surface area contributed by atoms with Gasteiger partial charge in [-0.2, -0.15) is 0 Å². The van der Waals surface area contributed by atoms with Gasteiger partial charge >= 0.3 is 0 Å². The first kappa shape index (κ1) is 13.6. The lowest BCUT2D eigenvalue weighted by Gasteiger charge is -2.05. The Morgan fingerprint density at radius 1 is 1.05 bits per heavy atom. The molecule has 0 unspecified atom stereocenters. The Labute approximate surface area is 126 Å². The average Bonchev–Trinajstić information content (AvgIpc) is 2.89. The summed E-state index contributed by atoms with van der Waals surface area (Å²) in [5.41, 5.74) is 6.05. The van der Waals surface area contributed by atoms with Crippen LogP contribution in [0.4, 0.5) is 0 Å². The summed E-state index contributed by atoms with van der Waals surface area (Å²) in [6.07, 6.45) is 16.9. The fraction of sp³-hybridized carbons (Fsp3) is 0.150. The molecular weight excluding hydrogens is 254 g/mol. The molecule has 0 radical (unpaired) electrons. The molecule has 1 heterocycles. The van der Waals surface area contributed by atoms with Gasteiger partial charge in [-0.05, 0) is 30.1 Å². The highest BCUT2D eigenvalue weighted by Crippen LogP contribution is 2.26. The molecule has 1 aromatic carbocycles. The number of benzene rings is 1. The maximum atomic E-state index is 4.75. The second-order valence-corrected chi connectivity index (χ2v) is 5.26. The Balaban J connectivity index is 1.97. The first-order valence-electron chi connectivity index (χ1n) is 7.38. The van der Waals surface area contributed by atoms with Gasteiger partial charge in [0.25, 0.3) is 0 Å². The highest BCUT2D eigenvalue weighted by molar-refractivity contribution is 6.05. The third-order valence-electron chi connectivity index (χ3n) is 3.78. The van der Waals surface area contributed by atoms with Crippen LogP contribution in [0.5, 0.6) is 0 Å². The number of allylic oxidation sites excluding steroid dienone is 9. The molecule has 0 fully saturated rings. The van der Waals surface area contributed by atoms with Crippen molar-refractivity contribution in [2.45, 2.75) is 19.8 Å². The molecule has 1 aliphatic carbocycles. The Kier molecular flexibility index (Phi) is 4.11. The summed E-state index contributed by atoms with van der Waals surface area (Å²) < 4.78 is 0. The second-order valence-electron chi connectivity index (χ2n) is 5.26. The molecule has 0 amide bonds. The molecule has 0 atom stereocenters. The van der Waals surface area contributed by atoms with Crippen LogP contribution in [-0.2, 0) is 0 Å². The molecule has 21 heavy (non-hydrogen) atoms. The van der Waals surface area contributed by atoms with Crippen molar-refractivity contribution in [2.24, 2.45) is 4.99 Å². The van der Waals surface area contributed by atoms with E-state index in [9.17, 15) is 0 Å². The van der Waals surface area contributed by atoms with Crippen LogP contribution in [0.3, 0.4) is 0 Å². The minimum absolute atomic E-state index is 0.878. The van der Waals surface area contributed by atoms with Crippen LogP contribution in [0.2, 0.25) is 0 Å². The Morgan fingerprint density at radius 3 is 2.76 bits per heavy atom. The third-order valence-corrected chi connectivity index (χ3v) is 3.78. The number of nitrogens with zero attached hydrogens (tertiary/aromatic N) is 1. The first-order valence-corrected chi connectivity index (χ1v) is 7.38. The van der Waals surface area contributed by atoms with Crippen LogP contribution < -0.4 is 0 Å². The molecule has 1 aromatic rings. The van der Waals surface area contributed by atoms with Gasteiger partial charge in [0.15, 0.2) is 0 Å². The minimum Gasteiger partial charge on any atom is -0.260 e. The van der Waals surface area contributed by atoms with E-state index in [2.05, 4.69) is 67.6 Å². The van der Waals surface area contributed by atoms with Crippen LogP contribution in [0.15, 0.2) is 89.1 Å². The lowest BCUT2D eigenvalue weighted by atomic mass is 9.99.